The first-order valence-corrected chi connectivity index (χ1v) is 11.5. The lowest BCUT2D eigenvalue weighted by molar-refractivity contribution is -0.123. The lowest BCUT2D eigenvalue weighted by Gasteiger charge is -2.19. The van der Waals surface area contributed by atoms with Crippen LogP contribution in [0.4, 0.5) is 4.79 Å². The molecule has 1 heterocycles. The van der Waals surface area contributed by atoms with E-state index in [-0.39, 0.29) is 12.5 Å². The van der Waals surface area contributed by atoms with Crippen LogP contribution in [0.3, 0.4) is 0 Å². The van der Waals surface area contributed by atoms with E-state index in [0.29, 0.717) is 19.5 Å². The maximum Gasteiger partial charge on any atom is 0.408 e. The van der Waals surface area contributed by atoms with Gasteiger partial charge in [-0.2, -0.15) is 5.10 Å². The Labute approximate surface area is 204 Å². The van der Waals surface area contributed by atoms with Gasteiger partial charge in [0.25, 0.3) is 0 Å². The van der Waals surface area contributed by atoms with Crippen molar-refractivity contribution in [2.75, 3.05) is 0 Å². The van der Waals surface area contributed by atoms with Crippen molar-refractivity contribution < 1.29 is 14.3 Å². The van der Waals surface area contributed by atoms with Gasteiger partial charge in [-0.05, 0) is 28.3 Å². The summed E-state index contributed by atoms with van der Waals surface area (Å²) in [5.41, 5.74) is 3.86. The van der Waals surface area contributed by atoms with Crippen LogP contribution in [0, 0.1) is 0 Å². The molecule has 7 nitrogen and oxygen atoms in total. The molecule has 0 saturated carbocycles. The molecule has 2 N–H and O–H groups in total. The van der Waals surface area contributed by atoms with Gasteiger partial charge < -0.3 is 15.4 Å². The number of ether oxygens (including phenoxy) is 1. The molecular weight excluding hydrogens is 440 g/mol. The largest absolute Gasteiger partial charge is 0.445 e. The molecule has 178 valence electrons. The minimum atomic E-state index is -0.779. The molecule has 3 aromatic carbocycles. The number of nitrogens with one attached hydrogen (secondary N) is 2. The van der Waals surface area contributed by atoms with Crippen LogP contribution in [0.1, 0.15) is 22.3 Å². The Balaban J connectivity index is 1.40. The molecule has 0 aliphatic heterocycles. The Morgan fingerprint density at radius 3 is 2.17 bits per heavy atom. The quantitative estimate of drug-likeness (QED) is 0.367. The summed E-state index contributed by atoms with van der Waals surface area (Å²) in [6, 6.07) is 28.0. The lowest BCUT2D eigenvalue weighted by Crippen LogP contribution is -2.48. The molecule has 35 heavy (non-hydrogen) atoms. The molecule has 0 aliphatic rings. The summed E-state index contributed by atoms with van der Waals surface area (Å²) >= 11 is 0. The van der Waals surface area contributed by atoms with Gasteiger partial charge in [-0.1, -0.05) is 84.9 Å². The SMILES string of the molecule is O=C(NC(Cc1ccccc1)C(=O)NCc1ccccc1Cn1cccn1)OCc1ccccc1. The van der Waals surface area contributed by atoms with Crippen LogP contribution in [-0.2, 0) is 35.6 Å². The molecule has 1 atom stereocenters. The van der Waals surface area contributed by atoms with Crippen molar-refractivity contribution in [2.24, 2.45) is 0 Å². The third kappa shape index (κ3) is 7.30. The molecule has 1 aromatic heterocycles. The van der Waals surface area contributed by atoms with Crippen LogP contribution in [0.15, 0.2) is 103 Å². The van der Waals surface area contributed by atoms with Crippen LogP contribution >= 0.6 is 0 Å². The molecule has 0 fully saturated rings. The van der Waals surface area contributed by atoms with Gasteiger partial charge in [0, 0.05) is 25.4 Å². The van der Waals surface area contributed by atoms with Crippen LogP contribution < -0.4 is 10.6 Å². The van der Waals surface area contributed by atoms with Gasteiger partial charge in [0.15, 0.2) is 0 Å². The first-order chi connectivity index (χ1) is 17.2. The molecule has 0 spiro atoms. The van der Waals surface area contributed by atoms with Gasteiger partial charge in [0.05, 0.1) is 6.54 Å². The maximum atomic E-state index is 13.2. The maximum absolute atomic E-state index is 13.2. The third-order valence-electron chi connectivity index (χ3n) is 5.57. The van der Waals surface area contributed by atoms with Crippen molar-refractivity contribution in [1.29, 1.82) is 0 Å². The first kappa shape index (κ1) is 23.8. The van der Waals surface area contributed by atoms with Crippen molar-refractivity contribution >= 4 is 12.0 Å². The third-order valence-corrected chi connectivity index (χ3v) is 5.57. The molecule has 4 rings (SSSR count). The van der Waals surface area contributed by atoms with Gasteiger partial charge in [-0.3, -0.25) is 9.48 Å². The van der Waals surface area contributed by atoms with Gasteiger partial charge in [0.2, 0.25) is 5.91 Å². The van der Waals surface area contributed by atoms with Crippen molar-refractivity contribution in [2.45, 2.75) is 32.2 Å². The number of hydrogen-bond donors (Lipinski definition) is 2. The fourth-order valence-corrected chi connectivity index (χ4v) is 3.72. The molecule has 0 aliphatic carbocycles. The van der Waals surface area contributed by atoms with Gasteiger partial charge in [-0.25, -0.2) is 4.79 Å². The molecule has 7 heteroatoms. The van der Waals surface area contributed by atoms with Gasteiger partial charge in [-0.15, -0.1) is 0 Å². The van der Waals surface area contributed by atoms with Gasteiger partial charge >= 0.3 is 6.09 Å². The van der Waals surface area contributed by atoms with E-state index in [2.05, 4.69) is 15.7 Å². The van der Waals surface area contributed by atoms with Crippen LogP contribution in [0.5, 0.6) is 0 Å². The van der Waals surface area contributed by atoms with E-state index in [0.717, 1.165) is 22.3 Å². The molecule has 0 bridgehead atoms. The van der Waals surface area contributed by atoms with E-state index in [1.54, 1.807) is 6.20 Å². The smallest absolute Gasteiger partial charge is 0.408 e. The number of carbonyl (C=O) groups is 2. The van der Waals surface area contributed by atoms with E-state index in [4.69, 9.17) is 4.74 Å². The number of nitrogens with zero attached hydrogens (tertiary/aromatic N) is 2. The van der Waals surface area contributed by atoms with Gasteiger partial charge in [0.1, 0.15) is 12.6 Å². The van der Waals surface area contributed by atoms with E-state index in [9.17, 15) is 9.59 Å². The Kier molecular flexibility index (Phi) is 8.27. The lowest BCUT2D eigenvalue weighted by atomic mass is 10.0. The highest BCUT2D eigenvalue weighted by Gasteiger charge is 2.22. The molecule has 0 radical (unpaired) electrons. The zero-order valence-corrected chi connectivity index (χ0v) is 19.3. The second-order valence-corrected chi connectivity index (χ2v) is 8.14. The number of amides is 2. The predicted molar refractivity (Wildman–Crippen MR) is 133 cm³/mol. The predicted octanol–water partition coefficient (Wildman–Crippen LogP) is 4.09. The Morgan fingerprint density at radius 1 is 0.829 bits per heavy atom. The summed E-state index contributed by atoms with van der Waals surface area (Å²) in [5, 5.41) is 9.98. The minimum Gasteiger partial charge on any atom is -0.445 e. The highest BCUT2D eigenvalue weighted by molar-refractivity contribution is 5.86. The van der Waals surface area contributed by atoms with E-state index >= 15 is 0 Å². The average Bonchev–Trinajstić information content (AvgIpc) is 3.41. The monoisotopic (exact) mass is 468 g/mol. The molecular formula is C28H28N4O3. The number of hydrogen-bond acceptors (Lipinski definition) is 4. The highest BCUT2D eigenvalue weighted by Crippen LogP contribution is 2.11. The zero-order chi connectivity index (χ0) is 24.3. The summed E-state index contributed by atoms with van der Waals surface area (Å²) in [4.78, 5) is 25.7. The summed E-state index contributed by atoms with van der Waals surface area (Å²) in [7, 11) is 0. The number of carbonyl (C=O) groups excluding carboxylic acids is 2. The Morgan fingerprint density at radius 2 is 1.49 bits per heavy atom. The van der Waals surface area contributed by atoms with Crippen molar-refractivity contribution in [3.8, 4) is 0 Å². The van der Waals surface area contributed by atoms with Crippen molar-refractivity contribution in [1.82, 2.24) is 20.4 Å². The molecule has 0 saturated heterocycles. The second kappa shape index (κ2) is 12.2. The van der Waals surface area contributed by atoms with E-state index < -0.39 is 12.1 Å². The summed E-state index contributed by atoms with van der Waals surface area (Å²) in [6.07, 6.45) is 3.35. The number of aromatic nitrogens is 2. The van der Waals surface area contributed by atoms with Crippen LogP contribution in [-0.4, -0.2) is 27.8 Å². The molecule has 4 aromatic rings. The van der Waals surface area contributed by atoms with E-state index in [1.807, 2.05) is 102 Å². The summed E-state index contributed by atoms with van der Waals surface area (Å²) in [6.45, 7) is 1.08. The summed E-state index contributed by atoms with van der Waals surface area (Å²) in [5.74, 6) is -0.278. The molecule has 2 amide bonds. The summed E-state index contributed by atoms with van der Waals surface area (Å²) < 4.78 is 7.18. The Hall–Kier alpha value is -4.39. The van der Waals surface area contributed by atoms with Crippen LogP contribution in [0.2, 0.25) is 0 Å². The zero-order valence-electron chi connectivity index (χ0n) is 19.3. The number of benzene rings is 3. The molecule has 1 unspecified atom stereocenters. The minimum absolute atomic E-state index is 0.132. The standard InChI is InChI=1S/C28H28N4O3/c33-27(29-19-24-14-7-8-15-25(24)20-32-17-9-16-30-32)26(18-22-10-3-1-4-11-22)31-28(34)35-21-23-12-5-2-6-13-23/h1-17,26H,18-21H2,(H,29,33)(H,31,34). The number of rotatable bonds is 10. The normalized spacial score (nSPS) is 11.4. The van der Waals surface area contributed by atoms with E-state index in [1.165, 1.54) is 0 Å². The highest BCUT2D eigenvalue weighted by atomic mass is 16.5. The van der Waals surface area contributed by atoms with Crippen molar-refractivity contribution in [3.63, 3.8) is 0 Å². The van der Waals surface area contributed by atoms with Crippen LogP contribution in [0.25, 0.3) is 0 Å². The number of alkyl carbamates (subject to hydrolysis) is 1. The first-order valence-electron chi connectivity index (χ1n) is 11.5. The fraction of sp³-hybridized carbons (Fsp3) is 0.179. The second-order valence-electron chi connectivity index (χ2n) is 8.14. The average molecular weight is 469 g/mol. The Bertz CT molecular complexity index is 1210. The fourth-order valence-electron chi connectivity index (χ4n) is 3.72. The van der Waals surface area contributed by atoms with Crippen molar-refractivity contribution in [3.05, 3.63) is 126 Å². The topological polar surface area (TPSA) is 85.3 Å².